The van der Waals surface area contributed by atoms with Crippen LogP contribution in [0.4, 0.5) is 5.13 Å². The van der Waals surface area contributed by atoms with Gasteiger partial charge in [-0.2, -0.15) is 0 Å². The first-order chi connectivity index (χ1) is 9.15. The minimum Gasteiger partial charge on any atom is -0.507 e. The number of nitrogens with one attached hydrogen (secondary N) is 1. The number of nitrogens with zero attached hydrogens (tertiary/aromatic N) is 1. The number of anilines is 1. The van der Waals surface area contributed by atoms with Crippen molar-refractivity contribution in [1.82, 2.24) is 4.98 Å². The summed E-state index contributed by atoms with van der Waals surface area (Å²) in [6.45, 7) is 0. The molecule has 0 atom stereocenters. The van der Waals surface area contributed by atoms with E-state index in [0.717, 1.165) is 25.0 Å². The number of hydrogen-bond donors (Lipinski definition) is 3. The van der Waals surface area contributed by atoms with E-state index in [2.05, 4.69) is 10.3 Å². The molecular formula is C13H12N2O3S. The Labute approximate surface area is 113 Å². The highest BCUT2D eigenvalue weighted by atomic mass is 32.1. The van der Waals surface area contributed by atoms with Gasteiger partial charge in [-0.3, -0.25) is 10.1 Å². The molecule has 6 heteroatoms. The Hall–Kier alpha value is -2.08. The minimum absolute atomic E-state index is 0.127. The molecule has 0 radical (unpaired) electrons. The van der Waals surface area contributed by atoms with Crippen LogP contribution in [0.25, 0.3) is 0 Å². The highest BCUT2D eigenvalue weighted by Gasteiger charge is 2.20. The Morgan fingerprint density at radius 3 is 2.68 bits per heavy atom. The molecule has 0 unspecified atom stereocenters. The maximum atomic E-state index is 12.0. The van der Waals surface area contributed by atoms with Crippen LogP contribution in [0, 0.1) is 0 Å². The summed E-state index contributed by atoms with van der Waals surface area (Å²) in [4.78, 5) is 17.6. The Kier molecular flexibility index (Phi) is 2.87. The van der Waals surface area contributed by atoms with Crippen molar-refractivity contribution in [3.05, 3.63) is 34.3 Å². The van der Waals surface area contributed by atoms with Gasteiger partial charge in [-0.1, -0.05) is 6.07 Å². The Balaban J connectivity index is 1.84. The number of phenols is 2. The van der Waals surface area contributed by atoms with Crippen LogP contribution in [0.5, 0.6) is 11.5 Å². The molecule has 1 amide bonds. The second-order valence-electron chi connectivity index (χ2n) is 4.37. The van der Waals surface area contributed by atoms with Crippen molar-refractivity contribution in [2.45, 2.75) is 19.3 Å². The summed E-state index contributed by atoms with van der Waals surface area (Å²) < 4.78 is 0. The van der Waals surface area contributed by atoms with E-state index in [4.69, 9.17) is 0 Å². The molecule has 1 aliphatic carbocycles. The molecule has 0 spiro atoms. The van der Waals surface area contributed by atoms with Gasteiger partial charge in [-0.15, -0.1) is 11.3 Å². The normalized spacial score (nSPS) is 13.3. The van der Waals surface area contributed by atoms with E-state index >= 15 is 0 Å². The molecule has 3 N–H and O–H groups in total. The fourth-order valence-corrected chi connectivity index (χ4v) is 3.21. The number of amides is 1. The summed E-state index contributed by atoms with van der Waals surface area (Å²) in [6.07, 6.45) is 3.07. The van der Waals surface area contributed by atoms with Gasteiger partial charge in [0.1, 0.15) is 17.1 Å². The van der Waals surface area contributed by atoms with E-state index in [0.29, 0.717) is 5.13 Å². The minimum atomic E-state index is -0.553. The zero-order valence-electron chi connectivity index (χ0n) is 10.0. The average molecular weight is 276 g/mol. The Bertz CT molecular complexity index is 610. The lowest BCUT2D eigenvalue weighted by Crippen LogP contribution is -2.12. The number of aromatic nitrogens is 1. The maximum Gasteiger partial charge on any atom is 0.264 e. The van der Waals surface area contributed by atoms with Crippen LogP contribution in [-0.4, -0.2) is 21.1 Å². The largest absolute Gasteiger partial charge is 0.507 e. The monoisotopic (exact) mass is 276 g/mol. The van der Waals surface area contributed by atoms with Crippen LogP contribution in [0.2, 0.25) is 0 Å². The third-order valence-corrected chi connectivity index (χ3v) is 4.14. The maximum absolute atomic E-state index is 12.0. The number of phenolic OH excluding ortho intramolecular Hbond substituents is 2. The standard InChI is InChI=1S/C13H12N2O3S/c16-8-4-2-5-9(17)11(8)12(18)15-13-14-7-3-1-6-10(7)19-13/h2,4-5,16-17H,1,3,6H2,(H,14,15,18). The molecule has 98 valence electrons. The van der Waals surface area contributed by atoms with Crippen LogP contribution >= 0.6 is 11.3 Å². The molecule has 3 rings (SSSR count). The van der Waals surface area contributed by atoms with Crippen LogP contribution in [0.1, 0.15) is 27.3 Å². The topological polar surface area (TPSA) is 82.5 Å². The highest BCUT2D eigenvalue weighted by Crippen LogP contribution is 2.32. The Morgan fingerprint density at radius 2 is 2.00 bits per heavy atom. The number of thiazole rings is 1. The molecule has 0 saturated heterocycles. The number of aromatic hydroxyl groups is 2. The summed E-state index contributed by atoms with van der Waals surface area (Å²) in [5.41, 5.74) is 0.916. The van der Waals surface area contributed by atoms with E-state index in [-0.39, 0.29) is 17.1 Å². The number of aryl methyl sites for hydroxylation is 2. The number of carbonyl (C=O) groups is 1. The third-order valence-electron chi connectivity index (χ3n) is 3.06. The predicted octanol–water partition coefficient (Wildman–Crippen LogP) is 2.30. The third kappa shape index (κ3) is 2.15. The first-order valence-electron chi connectivity index (χ1n) is 5.96. The molecule has 5 nitrogen and oxygen atoms in total. The predicted molar refractivity (Wildman–Crippen MR) is 71.9 cm³/mol. The van der Waals surface area contributed by atoms with Crippen LogP contribution < -0.4 is 5.32 Å². The zero-order valence-corrected chi connectivity index (χ0v) is 10.8. The van der Waals surface area contributed by atoms with Crippen molar-refractivity contribution in [3.63, 3.8) is 0 Å². The lowest BCUT2D eigenvalue weighted by atomic mass is 10.1. The van der Waals surface area contributed by atoms with E-state index in [9.17, 15) is 15.0 Å². The molecule has 1 aliphatic rings. The summed E-state index contributed by atoms with van der Waals surface area (Å²) >= 11 is 1.45. The fraction of sp³-hybridized carbons (Fsp3) is 0.231. The molecule has 2 aromatic rings. The smallest absolute Gasteiger partial charge is 0.264 e. The van der Waals surface area contributed by atoms with Gasteiger partial charge in [0.2, 0.25) is 0 Å². The van der Waals surface area contributed by atoms with E-state index < -0.39 is 5.91 Å². The van der Waals surface area contributed by atoms with Gasteiger partial charge in [-0.25, -0.2) is 4.98 Å². The molecular weight excluding hydrogens is 264 g/mol. The van der Waals surface area contributed by atoms with Gasteiger partial charge in [-0.05, 0) is 31.4 Å². The Morgan fingerprint density at radius 1 is 1.26 bits per heavy atom. The van der Waals surface area contributed by atoms with Crippen LogP contribution in [-0.2, 0) is 12.8 Å². The molecule has 0 bridgehead atoms. The first-order valence-corrected chi connectivity index (χ1v) is 6.77. The summed E-state index contributed by atoms with van der Waals surface area (Å²) in [5, 5.41) is 22.4. The summed E-state index contributed by atoms with van der Waals surface area (Å²) in [5.74, 6) is -1.05. The van der Waals surface area contributed by atoms with Crippen molar-refractivity contribution in [2.24, 2.45) is 0 Å². The van der Waals surface area contributed by atoms with E-state index in [1.807, 2.05) is 0 Å². The SMILES string of the molecule is O=C(Nc1nc2c(s1)CCC2)c1c(O)cccc1O. The molecule has 0 aliphatic heterocycles. The fourth-order valence-electron chi connectivity index (χ4n) is 2.16. The van der Waals surface area contributed by atoms with Crippen LogP contribution in [0.15, 0.2) is 18.2 Å². The molecule has 1 heterocycles. The molecule has 1 aromatic heterocycles. The van der Waals surface area contributed by atoms with Crippen molar-refractivity contribution < 1.29 is 15.0 Å². The number of benzene rings is 1. The van der Waals surface area contributed by atoms with Gasteiger partial charge in [0, 0.05) is 4.88 Å². The van der Waals surface area contributed by atoms with Crippen molar-refractivity contribution in [3.8, 4) is 11.5 Å². The summed E-state index contributed by atoms with van der Waals surface area (Å²) in [7, 11) is 0. The summed E-state index contributed by atoms with van der Waals surface area (Å²) in [6, 6.07) is 4.19. The second kappa shape index (κ2) is 4.55. The van der Waals surface area contributed by atoms with Gasteiger partial charge in [0.25, 0.3) is 5.91 Å². The molecule has 1 aromatic carbocycles. The number of carbonyl (C=O) groups excluding carboxylic acids is 1. The zero-order chi connectivity index (χ0) is 13.4. The lowest BCUT2D eigenvalue weighted by Gasteiger charge is -2.06. The number of fused-ring (bicyclic) bond motifs is 1. The lowest BCUT2D eigenvalue weighted by molar-refractivity contribution is 0.102. The van der Waals surface area contributed by atoms with Crippen molar-refractivity contribution in [2.75, 3.05) is 5.32 Å². The van der Waals surface area contributed by atoms with Gasteiger partial charge in [0.05, 0.1) is 5.69 Å². The molecule has 19 heavy (non-hydrogen) atoms. The average Bonchev–Trinajstić information content (AvgIpc) is 2.89. The van der Waals surface area contributed by atoms with Gasteiger partial charge >= 0.3 is 0 Å². The number of rotatable bonds is 2. The second-order valence-corrected chi connectivity index (χ2v) is 5.45. The quantitative estimate of drug-likeness (QED) is 0.786. The molecule has 0 saturated carbocycles. The van der Waals surface area contributed by atoms with Crippen molar-refractivity contribution >= 4 is 22.4 Å². The van der Waals surface area contributed by atoms with Crippen molar-refractivity contribution in [1.29, 1.82) is 0 Å². The van der Waals surface area contributed by atoms with Crippen LogP contribution in [0.3, 0.4) is 0 Å². The number of hydrogen-bond acceptors (Lipinski definition) is 5. The van der Waals surface area contributed by atoms with Gasteiger partial charge in [0.15, 0.2) is 5.13 Å². The van der Waals surface area contributed by atoms with Gasteiger partial charge < -0.3 is 10.2 Å². The van der Waals surface area contributed by atoms with E-state index in [1.54, 1.807) is 0 Å². The van der Waals surface area contributed by atoms with E-state index in [1.165, 1.54) is 34.4 Å². The highest BCUT2D eigenvalue weighted by molar-refractivity contribution is 7.16. The first kappa shape index (κ1) is 12.0. The molecule has 0 fully saturated rings.